The molecule has 212 valence electrons. The van der Waals surface area contributed by atoms with Crippen molar-refractivity contribution in [3.63, 3.8) is 0 Å². The van der Waals surface area contributed by atoms with Crippen molar-refractivity contribution in [2.45, 2.75) is 43.4 Å². The molecule has 0 bridgehead atoms. The number of aliphatic hydroxyl groups excluding tert-OH is 4. The molecule has 0 aromatic heterocycles. The van der Waals surface area contributed by atoms with E-state index in [0.29, 0.717) is 17.6 Å². The van der Waals surface area contributed by atoms with Crippen molar-refractivity contribution in [2.75, 3.05) is 20.3 Å². The molecule has 1 saturated heterocycles. The molecule has 13 heteroatoms. The molecule has 39 heavy (non-hydrogen) atoms. The van der Waals surface area contributed by atoms with Crippen LogP contribution in [0, 0.1) is 11.8 Å². The summed E-state index contributed by atoms with van der Waals surface area (Å²) < 4.78 is 27.0. The highest BCUT2D eigenvalue weighted by atomic mass is 16.8. The summed E-state index contributed by atoms with van der Waals surface area (Å²) in [6, 6.07) is 4.44. The predicted octanol–water partition coefficient (Wildman–Crippen LogP) is -0.339. The number of allylic oxidation sites excluding steroid dienone is 1. The number of methoxy groups -OCH3 is 1. The van der Waals surface area contributed by atoms with E-state index in [1.165, 1.54) is 25.3 Å². The molecule has 0 saturated carbocycles. The number of fused-ring (bicyclic) bond motifs is 1. The van der Waals surface area contributed by atoms with E-state index in [9.17, 15) is 40.2 Å². The third-order valence-corrected chi connectivity index (χ3v) is 6.89. The summed E-state index contributed by atoms with van der Waals surface area (Å²) in [4.78, 5) is 23.8. The molecule has 2 heterocycles. The molecule has 3 aliphatic rings. The number of benzene rings is 1. The van der Waals surface area contributed by atoms with Gasteiger partial charge >= 0.3 is 11.9 Å². The third-order valence-electron chi connectivity index (χ3n) is 6.89. The van der Waals surface area contributed by atoms with E-state index < -0.39 is 67.4 Å². The normalized spacial score (nSPS) is 32.1. The minimum absolute atomic E-state index is 0.00343. The SMILES string of the molecule is COc1cc(/C=C/C(=O)OC[C@H]2O[C@@H](O[C@@H]3OC=C(C(=O)O)[C@H]4CC=C(CO)[C@@H]34)[C@H](O)[C@@H](O)[C@@H]2O)ccc1O. The molecule has 1 aromatic carbocycles. The summed E-state index contributed by atoms with van der Waals surface area (Å²) in [5.74, 6) is -3.07. The fraction of sp³-hybridized carbons (Fsp3) is 0.462. The Morgan fingerprint density at radius 1 is 1.13 bits per heavy atom. The summed E-state index contributed by atoms with van der Waals surface area (Å²) >= 11 is 0. The molecule has 0 radical (unpaired) electrons. The van der Waals surface area contributed by atoms with Gasteiger partial charge in [0, 0.05) is 12.0 Å². The minimum Gasteiger partial charge on any atom is -0.504 e. The van der Waals surface area contributed by atoms with Crippen molar-refractivity contribution in [1.29, 1.82) is 0 Å². The molecule has 4 rings (SSSR count). The molecule has 0 unspecified atom stereocenters. The van der Waals surface area contributed by atoms with Gasteiger partial charge in [0.05, 0.1) is 31.5 Å². The van der Waals surface area contributed by atoms with Gasteiger partial charge in [-0.15, -0.1) is 0 Å². The van der Waals surface area contributed by atoms with Gasteiger partial charge in [-0.1, -0.05) is 12.1 Å². The second-order valence-corrected chi connectivity index (χ2v) is 9.23. The first-order valence-electron chi connectivity index (χ1n) is 12.1. The Balaban J connectivity index is 1.40. The van der Waals surface area contributed by atoms with Gasteiger partial charge in [-0.2, -0.15) is 0 Å². The van der Waals surface area contributed by atoms with Crippen molar-refractivity contribution in [1.82, 2.24) is 0 Å². The first kappa shape index (κ1) is 28.5. The summed E-state index contributed by atoms with van der Waals surface area (Å²) in [7, 11) is 1.38. The Labute approximate surface area is 222 Å². The van der Waals surface area contributed by atoms with Crippen LogP contribution in [-0.4, -0.2) is 99.9 Å². The van der Waals surface area contributed by atoms with E-state index in [0.717, 1.165) is 12.3 Å². The standard InChI is InChI=1S/C26H30O13/c1-35-17-8-12(2-6-16(17)28)3-7-19(29)36-11-18-21(30)22(31)23(32)26(38-18)39-25-20-13(9-27)4-5-14(20)15(10-37-25)24(33)34/h2-4,6-8,10,14,18,20-23,25-28,30-32H,5,9,11H2,1H3,(H,33,34)/b7-3+/t14-,18-,20-,21-,22+,23-,25+,26+/m1/s1. The van der Waals surface area contributed by atoms with Gasteiger partial charge in [-0.05, 0) is 35.8 Å². The Morgan fingerprint density at radius 3 is 2.59 bits per heavy atom. The van der Waals surface area contributed by atoms with Crippen LogP contribution in [0.5, 0.6) is 11.5 Å². The number of esters is 1. The van der Waals surface area contributed by atoms with E-state index in [-0.39, 0.29) is 23.7 Å². The zero-order chi connectivity index (χ0) is 28.3. The fourth-order valence-corrected chi connectivity index (χ4v) is 4.79. The monoisotopic (exact) mass is 550 g/mol. The lowest BCUT2D eigenvalue weighted by molar-refractivity contribution is -0.339. The van der Waals surface area contributed by atoms with E-state index in [1.54, 1.807) is 12.1 Å². The van der Waals surface area contributed by atoms with Crippen molar-refractivity contribution < 1.29 is 63.9 Å². The molecule has 0 spiro atoms. The van der Waals surface area contributed by atoms with Crippen LogP contribution in [0.3, 0.4) is 0 Å². The van der Waals surface area contributed by atoms with Crippen LogP contribution in [0.25, 0.3) is 6.08 Å². The zero-order valence-electron chi connectivity index (χ0n) is 20.8. The molecule has 6 N–H and O–H groups in total. The molecular formula is C26H30O13. The summed E-state index contributed by atoms with van der Waals surface area (Å²) in [5.41, 5.74) is 1.03. The number of aromatic hydroxyl groups is 1. The molecule has 0 amide bonds. The van der Waals surface area contributed by atoms with Crippen LogP contribution < -0.4 is 4.74 Å². The van der Waals surface area contributed by atoms with Crippen LogP contribution >= 0.6 is 0 Å². The van der Waals surface area contributed by atoms with Crippen molar-refractivity contribution >= 4 is 18.0 Å². The van der Waals surface area contributed by atoms with Crippen molar-refractivity contribution in [2.24, 2.45) is 11.8 Å². The highest BCUT2D eigenvalue weighted by Crippen LogP contribution is 2.44. The van der Waals surface area contributed by atoms with Crippen LogP contribution in [0.2, 0.25) is 0 Å². The minimum atomic E-state index is -1.73. The summed E-state index contributed by atoms with van der Waals surface area (Å²) in [6.45, 7) is -0.870. The average Bonchev–Trinajstić information content (AvgIpc) is 3.36. The summed E-state index contributed by atoms with van der Waals surface area (Å²) in [6.07, 6.45) is -3.50. The Hall–Kier alpha value is -3.46. The second kappa shape index (κ2) is 12.2. The largest absolute Gasteiger partial charge is 0.504 e. The number of rotatable bonds is 9. The second-order valence-electron chi connectivity index (χ2n) is 9.23. The number of phenols is 1. The fourth-order valence-electron chi connectivity index (χ4n) is 4.79. The van der Waals surface area contributed by atoms with E-state index >= 15 is 0 Å². The summed E-state index contributed by atoms with van der Waals surface area (Å²) in [5, 5.41) is 60.1. The molecule has 1 aliphatic carbocycles. The first-order chi connectivity index (χ1) is 18.6. The Morgan fingerprint density at radius 2 is 1.90 bits per heavy atom. The number of phenolic OH excluding ortho intramolecular Hbond substituents is 1. The number of hydrogen-bond donors (Lipinski definition) is 6. The third kappa shape index (κ3) is 6.08. The molecule has 2 aliphatic heterocycles. The maximum atomic E-state index is 12.2. The molecular weight excluding hydrogens is 520 g/mol. The maximum Gasteiger partial charge on any atom is 0.335 e. The smallest absolute Gasteiger partial charge is 0.335 e. The van der Waals surface area contributed by atoms with Crippen LogP contribution in [0.4, 0.5) is 0 Å². The predicted molar refractivity (Wildman–Crippen MR) is 130 cm³/mol. The maximum absolute atomic E-state index is 12.2. The van der Waals surface area contributed by atoms with Crippen molar-refractivity contribution in [3.8, 4) is 11.5 Å². The van der Waals surface area contributed by atoms with Gasteiger partial charge in [0.1, 0.15) is 31.0 Å². The quantitative estimate of drug-likeness (QED) is 0.133. The topological polar surface area (TPSA) is 202 Å². The first-order valence-corrected chi connectivity index (χ1v) is 12.1. The Bertz CT molecular complexity index is 1160. The van der Waals surface area contributed by atoms with Gasteiger partial charge < -0.3 is 54.3 Å². The number of aliphatic carboxylic acids is 1. The van der Waals surface area contributed by atoms with Gasteiger partial charge in [-0.25, -0.2) is 9.59 Å². The lowest BCUT2D eigenvalue weighted by atomic mass is 9.83. The number of ether oxygens (including phenoxy) is 5. The van der Waals surface area contributed by atoms with Crippen LogP contribution in [0.1, 0.15) is 12.0 Å². The molecule has 8 atom stereocenters. The number of aliphatic hydroxyl groups is 4. The Kier molecular flexibility index (Phi) is 8.90. The lowest BCUT2D eigenvalue weighted by Crippen LogP contribution is -2.60. The number of carbonyl (C=O) groups is 2. The average molecular weight is 551 g/mol. The highest BCUT2D eigenvalue weighted by Gasteiger charge is 2.50. The van der Waals surface area contributed by atoms with E-state index in [1.807, 2.05) is 0 Å². The van der Waals surface area contributed by atoms with Gasteiger partial charge in [0.25, 0.3) is 0 Å². The number of carbonyl (C=O) groups excluding carboxylic acids is 1. The molecule has 1 fully saturated rings. The number of hydrogen-bond acceptors (Lipinski definition) is 12. The zero-order valence-corrected chi connectivity index (χ0v) is 20.8. The molecule has 1 aromatic rings. The highest BCUT2D eigenvalue weighted by molar-refractivity contribution is 5.87. The van der Waals surface area contributed by atoms with Crippen LogP contribution in [0.15, 0.2) is 47.8 Å². The van der Waals surface area contributed by atoms with Gasteiger partial charge in [0.15, 0.2) is 17.8 Å². The van der Waals surface area contributed by atoms with Crippen molar-refractivity contribution in [3.05, 3.63) is 53.3 Å². The number of carboxylic acids is 1. The van der Waals surface area contributed by atoms with E-state index in [2.05, 4.69) is 0 Å². The van der Waals surface area contributed by atoms with Gasteiger partial charge in [0.2, 0.25) is 6.29 Å². The lowest BCUT2D eigenvalue weighted by Gasteiger charge is -2.43. The number of carboxylic acid groups (broad SMARTS) is 1. The van der Waals surface area contributed by atoms with Crippen LogP contribution in [-0.2, 0) is 28.5 Å². The molecule has 13 nitrogen and oxygen atoms in total. The van der Waals surface area contributed by atoms with E-state index in [4.69, 9.17) is 23.7 Å². The van der Waals surface area contributed by atoms with Gasteiger partial charge in [-0.3, -0.25) is 0 Å².